The molecule has 1 aromatic rings. The predicted octanol–water partition coefficient (Wildman–Crippen LogP) is 2.71. The number of unbranched alkanes of at least 4 members (excludes halogenated alkanes) is 1. The molecule has 0 unspecified atom stereocenters. The van der Waals surface area contributed by atoms with Gasteiger partial charge in [-0.25, -0.2) is 0 Å². The Morgan fingerprint density at radius 1 is 1.33 bits per heavy atom. The van der Waals surface area contributed by atoms with E-state index in [2.05, 4.69) is 42.9 Å². The van der Waals surface area contributed by atoms with Crippen LogP contribution in [0.4, 0.5) is 0 Å². The van der Waals surface area contributed by atoms with Gasteiger partial charge in [0.2, 0.25) is 5.88 Å². The van der Waals surface area contributed by atoms with E-state index in [9.17, 15) is 0 Å². The van der Waals surface area contributed by atoms with Gasteiger partial charge in [-0.3, -0.25) is 0 Å². The van der Waals surface area contributed by atoms with Crippen LogP contribution in [0.2, 0.25) is 0 Å². The van der Waals surface area contributed by atoms with E-state index in [4.69, 9.17) is 4.74 Å². The van der Waals surface area contributed by atoms with Crippen molar-refractivity contribution in [1.29, 1.82) is 0 Å². The summed E-state index contributed by atoms with van der Waals surface area (Å²) < 4.78 is 5.47. The smallest absolute Gasteiger partial charge is 0.233 e. The molecule has 0 bridgehead atoms. The Kier molecular flexibility index (Phi) is 5.78. The molecule has 100 valence electrons. The van der Waals surface area contributed by atoms with Crippen molar-refractivity contribution < 1.29 is 4.74 Å². The Balaban J connectivity index is 2.35. The van der Waals surface area contributed by atoms with Crippen molar-refractivity contribution in [2.24, 2.45) is 0 Å². The lowest BCUT2D eigenvalue weighted by Crippen LogP contribution is -2.35. The number of hydrogen-bond donors (Lipinski definition) is 1. The highest BCUT2D eigenvalue weighted by Gasteiger charge is 2.09. The Hall–Kier alpha value is -1.42. The quantitative estimate of drug-likeness (QED) is 0.596. The van der Waals surface area contributed by atoms with E-state index in [-0.39, 0.29) is 5.54 Å². The molecule has 0 radical (unpaired) electrons. The van der Waals surface area contributed by atoms with Crippen LogP contribution in [0.3, 0.4) is 0 Å². The molecule has 0 saturated carbocycles. The van der Waals surface area contributed by atoms with Gasteiger partial charge < -0.3 is 10.1 Å². The van der Waals surface area contributed by atoms with Gasteiger partial charge in [0.25, 0.3) is 0 Å². The van der Waals surface area contributed by atoms with Crippen LogP contribution in [-0.4, -0.2) is 22.3 Å². The summed E-state index contributed by atoms with van der Waals surface area (Å²) in [6.07, 6.45) is 3.80. The van der Waals surface area contributed by atoms with Crippen molar-refractivity contribution in [3.05, 3.63) is 30.5 Å². The lowest BCUT2D eigenvalue weighted by atomic mass is 10.1. The summed E-state index contributed by atoms with van der Waals surface area (Å²) in [6, 6.07) is 3.80. The van der Waals surface area contributed by atoms with Gasteiger partial charge in [-0.2, -0.15) is 5.10 Å². The van der Waals surface area contributed by atoms with Crippen molar-refractivity contribution >= 4 is 0 Å². The van der Waals surface area contributed by atoms with Gasteiger partial charge in [0, 0.05) is 18.2 Å². The summed E-state index contributed by atoms with van der Waals surface area (Å²) in [5.41, 5.74) is 1.00. The van der Waals surface area contributed by atoms with Gasteiger partial charge in [0.1, 0.15) is 0 Å². The Morgan fingerprint density at radius 2 is 2.11 bits per heavy atom. The second-order valence-corrected chi connectivity index (χ2v) is 5.25. The molecule has 0 spiro atoms. The highest BCUT2D eigenvalue weighted by atomic mass is 16.5. The Labute approximate surface area is 109 Å². The Bertz CT molecular complexity index is 354. The van der Waals surface area contributed by atoms with Gasteiger partial charge in [0.15, 0.2) is 0 Å². The summed E-state index contributed by atoms with van der Waals surface area (Å²) in [7, 11) is 0. The number of ether oxygens (including phenoxy) is 1. The normalized spacial score (nSPS) is 11.3. The monoisotopic (exact) mass is 249 g/mol. The molecule has 0 aromatic carbocycles. The third kappa shape index (κ3) is 6.35. The third-order valence-corrected chi connectivity index (χ3v) is 2.30. The summed E-state index contributed by atoms with van der Waals surface area (Å²) >= 11 is 0. The fourth-order valence-electron chi connectivity index (χ4n) is 1.28. The van der Waals surface area contributed by atoms with Crippen LogP contribution in [0.25, 0.3) is 0 Å². The van der Waals surface area contributed by atoms with Crippen LogP contribution in [0.15, 0.2) is 24.8 Å². The van der Waals surface area contributed by atoms with Gasteiger partial charge in [0.05, 0.1) is 12.3 Å². The number of allylic oxidation sites excluding steroid dienone is 1. The molecular formula is C14H23N3O. The zero-order valence-electron chi connectivity index (χ0n) is 11.6. The van der Waals surface area contributed by atoms with E-state index in [1.807, 2.05) is 18.2 Å². The van der Waals surface area contributed by atoms with Crippen molar-refractivity contribution in [2.45, 2.75) is 45.7 Å². The molecule has 1 N–H and O–H groups in total. The number of nitrogens with zero attached hydrogens (tertiary/aromatic N) is 2. The maximum atomic E-state index is 5.47. The van der Waals surface area contributed by atoms with E-state index in [0.717, 1.165) is 18.5 Å². The standard InChI is InChI=1S/C14H23N3O/c1-5-6-7-10-18-13-9-8-12(16-17-13)11-15-14(2,3)4/h5,8-9,15H,1,6-7,10-11H2,2-4H3. The average molecular weight is 249 g/mol. The molecule has 4 nitrogen and oxygen atoms in total. The zero-order valence-corrected chi connectivity index (χ0v) is 11.6. The van der Waals surface area contributed by atoms with E-state index < -0.39 is 0 Å². The molecule has 0 aliphatic heterocycles. The SMILES string of the molecule is C=CCCCOc1ccc(CNC(C)(C)C)nn1. The summed E-state index contributed by atoms with van der Waals surface area (Å²) in [4.78, 5) is 0. The van der Waals surface area contributed by atoms with Crippen LogP contribution in [-0.2, 0) is 6.54 Å². The van der Waals surface area contributed by atoms with Gasteiger partial charge in [-0.05, 0) is 39.7 Å². The fourth-order valence-corrected chi connectivity index (χ4v) is 1.28. The maximum Gasteiger partial charge on any atom is 0.233 e. The first-order chi connectivity index (χ1) is 8.51. The van der Waals surface area contributed by atoms with Crippen LogP contribution < -0.4 is 10.1 Å². The summed E-state index contributed by atoms with van der Waals surface area (Å²) in [5.74, 6) is 0.582. The van der Waals surface area contributed by atoms with E-state index in [1.165, 1.54) is 0 Å². The molecule has 4 heteroatoms. The van der Waals surface area contributed by atoms with E-state index >= 15 is 0 Å². The first-order valence-corrected chi connectivity index (χ1v) is 6.32. The lowest BCUT2D eigenvalue weighted by Gasteiger charge is -2.19. The van der Waals surface area contributed by atoms with E-state index in [1.54, 1.807) is 0 Å². The van der Waals surface area contributed by atoms with Crippen molar-refractivity contribution in [3.8, 4) is 5.88 Å². The first-order valence-electron chi connectivity index (χ1n) is 6.32. The summed E-state index contributed by atoms with van der Waals surface area (Å²) in [5, 5.41) is 11.5. The van der Waals surface area contributed by atoms with Crippen molar-refractivity contribution in [3.63, 3.8) is 0 Å². The van der Waals surface area contributed by atoms with Crippen molar-refractivity contribution in [2.75, 3.05) is 6.61 Å². The van der Waals surface area contributed by atoms with Crippen LogP contribution in [0.5, 0.6) is 5.88 Å². The maximum absolute atomic E-state index is 5.47. The van der Waals surface area contributed by atoms with Gasteiger partial charge in [-0.1, -0.05) is 6.08 Å². The number of aromatic nitrogens is 2. The summed E-state index contributed by atoms with van der Waals surface area (Å²) in [6.45, 7) is 11.4. The van der Waals surface area contributed by atoms with Gasteiger partial charge >= 0.3 is 0 Å². The molecule has 0 aliphatic carbocycles. The molecule has 18 heavy (non-hydrogen) atoms. The molecule has 1 aromatic heterocycles. The van der Waals surface area contributed by atoms with Gasteiger partial charge in [-0.15, -0.1) is 11.7 Å². The second kappa shape index (κ2) is 7.11. The number of nitrogens with one attached hydrogen (secondary N) is 1. The molecule has 0 fully saturated rings. The molecular weight excluding hydrogens is 226 g/mol. The molecule has 0 atom stereocenters. The minimum Gasteiger partial charge on any atom is -0.477 e. The first kappa shape index (κ1) is 14.6. The fraction of sp³-hybridized carbons (Fsp3) is 0.571. The minimum absolute atomic E-state index is 0.0849. The van der Waals surface area contributed by atoms with Crippen LogP contribution in [0.1, 0.15) is 39.3 Å². The molecule has 1 rings (SSSR count). The molecule has 0 saturated heterocycles. The average Bonchev–Trinajstić information content (AvgIpc) is 2.33. The zero-order chi connectivity index (χ0) is 13.4. The largest absolute Gasteiger partial charge is 0.477 e. The molecule has 1 heterocycles. The molecule has 0 amide bonds. The highest BCUT2D eigenvalue weighted by molar-refractivity contribution is 5.11. The third-order valence-electron chi connectivity index (χ3n) is 2.30. The minimum atomic E-state index is 0.0849. The van der Waals surface area contributed by atoms with Crippen LogP contribution in [0, 0.1) is 0 Å². The highest BCUT2D eigenvalue weighted by Crippen LogP contribution is 2.07. The lowest BCUT2D eigenvalue weighted by molar-refractivity contribution is 0.296. The topological polar surface area (TPSA) is 47.0 Å². The number of rotatable bonds is 7. The van der Waals surface area contributed by atoms with Crippen LogP contribution >= 0.6 is 0 Å². The van der Waals surface area contributed by atoms with Crippen molar-refractivity contribution in [1.82, 2.24) is 15.5 Å². The van der Waals surface area contributed by atoms with E-state index in [0.29, 0.717) is 19.0 Å². The molecule has 0 aliphatic rings. The predicted molar refractivity (Wildman–Crippen MR) is 73.6 cm³/mol. The Morgan fingerprint density at radius 3 is 2.67 bits per heavy atom. The number of hydrogen-bond acceptors (Lipinski definition) is 4. The second-order valence-electron chi connectivity index (χ2n) is 5.25.